The van der Waals surface area contributed by atoms with Crippen molar-refractivity contribution < 1.29 is 4.74 Å². The summed E-state index contributed by atoms with van der Waals surface area (Å²) in [5.41, 5.74) is 0. The summed E-state index contributed by atoms with van der Waals surface area (Å²) in [6.07, 6.45) is 2.14. The molecule has 1 aliphatic heterocycles. The summed E-state index contributed by atoms with van der Waals surface area (Å²) in [7, 11) is 0. The zero-order valence-corrected chi connectivity index (χ0v) is 7.73. The molecule has 1 rings (SSSR count). The molecule has 0 saturated carbocycles. The van der Waals surface area contributed by atoms with E-state index in [-0.39, 0.29) is 0 Å². The van der Waals surface area contributed by atoms with Crippen LogP contribution in [-0.2, 0) is 4.74 Å². The average molecular weight is 167 g/mol. The third kappa shape index (κ3) is 3.75. The van der Waals surface area contributed by atoms with Gasteiger partial charge in [0.2, 0.25) is 0 Å². The van der Waals surface area contributed by atoms with Crippen LogP contribution in [0.25, 0.3) is 0 Å². The lowest BCUT2D eigenvalue weighted by atomic mass is 10.1. The van der Waals surface area contributed by atoms with Crippen molar-refractivity contribution in [2.75, 3.05) is 26.3 Å². The van der Waals surface area contributed by atoms with Gasteiger partial charge in [-0.2, -0.15) is 0 Å². The molecule has 0 aromatic rings. The first kappa shape index (κ1) is 9.57. The van der Waals surface area contributed by atoms with Crippen molar-refractivity contribution in [3.05, 3.63) is 0 Å². The molecule has 68 valence electrons. The van der Waals surface area contributed by atoms with Gasteiger partial charge in [0.15, 0.2) is 0 Å². The Hall–Kier alpha value is -0.520. The fraction of sp³-hybridized carbons (Fsp3) is 0.800. The van der Waals surface area contributed by atoms with E-state index in [1.165, 1.54) is 6.42 Å². The van der Waals surface area contributed by atoms with Gasteiger partial charge >= 0.3 is 0 Å². The second-order valence-corrected chi connectivity index (χ2v) is 3.11. The van der Waals surface area contributed by atoms with Crippen LogP contribution >= 0.6 is 0 Å². The fourth-order valence-corrected chi connectivity index (χ4v) is 1.35. The number of hydrogen-bond donors (Lipinski definition) is 1. The van der Waals surface area contributed by atoms with E-state index < -0.39 is 0 Å². The van der Waals surface area contributed by atoms with E-state index in [9.17, 15) is 0 Å². The van der Waals surface area contributed by atoms with E-state index in [4.69, 9.17) is 4.74 Å². The molecule has 0 aromatic carbocycles. The van der Waals surface area contributed by atoms with Crippen LogP contribution in [0, 0.1) is 17.8 Å². The molecule has 12 heavy (non-hydrogen) atoms. The van der Waals surface area contributed by atoms with Crippen LogP contribution in [0.4, 0.5) is 0 Å². The van der Waals surface area contributed by atoms with Crippen LogP contribution in [0.1, 0.15) is 19.8 Å². The van der Waals surface area contributed by atoms with E-state index in [0.29, 0.717) is 0 Å². The van der Waals surface area contributed by atoms with Gasteiger partial charge in [0.05, 0.1) is 13.2 Å². The maximum Gasteiger partial charge on any atom is 0.0575 e. The second kappa shape index (κ2) is 6.05. The summed E-state index contributed by atoms with van der Waals surface area (Å²) in [5.74, 6) is 6.57. The summed E-state index contributed by atoms with van der Waals surface area (Å²) in [6, 6.07) is 0. The lowest BCUT2D eigenvalue weighted by Gasteiger charge is -2.07. The molecular weight excluding hydrogens is 150 g/mol. The molecule has 1 aliphatic rings. The van der Waals surface area contributed by atoms with Crippen molar-refractivity contribution in [1.29, 1.82) is 0 Å². The highest BCUT2D eigenvalue weighted by Gasteiger charge is 2.13. The van der Waals surface area contributed by atoms with E-state index in [2.05, 4.69) is 17.2 Å². The molecule has 1 fully saturated rings. The largest absolute Gasteiger partial charge is 0.380 e. The molecule has 2 heteroatoms. The molecule has 1 N–H and O–H groups in total. The normalized spacial score (nSPS) is 21.9. The van der Waals surface area contributed by atoms with Crippen molar-refractivity contribution in [3.8, 4) is 11.8 Å². The maximum absolute atomic E-state index is 5.48. The lowest BCUT2D eigenvalue weighted by Crippen LogP contribution is -2.14. The monoisotopic (exact) mass is 167 g/mol. The molecule has 1 heterocycles. The Morgan fingerprint density at radius 2 is 2.50 bits per heavy atom. The Bertz CT molecular complexity index is 162. The third-order valence-electron chi connectivity index (χ3n) is 2.06. The first-order valence-electron chi connectivity index (χ1n) is 4.61. The molecule has 0 bridgehead atoms. The predicted octanol–water partition coefficient (Wildman–Crippen LogP) is 1.03. The molecule has 0 spiro atoms. The van der Waals surface area contributed by atoms with Gasteiger partial charge in [0.25, 0.3) is 0 Å². The number of nitrogens with one attached hydrogen (secondary N) is 1. The molecular formula is C10H17NO. The highest BCUT2D eigenvalue weighted by atomic mass is 16.5. The van der Waals surface area contributed by atoms with Gasteiger partial charge in [0, 0.05) is 13.0 Å². The van der Waals surface area contributed by atoms with Gasteiger partial charge in [-0.1, -0.05) is 0 Å². The van der Waals surface area contributed by atoms with Gasteiger partial charge in [0.1, 0.15) is 0 Å². The van der Waals surface area contributed by atoms with Crippen LogP contribution in [0.15, 0.2) is 0 Å². The third-order valence-corrected chi connectivity index (χ3v) is 2.06. The smallest absolute Gasteiger partial charge is 0.0575 e. The Morgan fingerprint density at radius 1 is 1.58 bits per heavy atom. The molecule has 0 aliphatic carbocycles. The first-order chi connectivity index (χ1) is 5.93. The van der Waals surface area contributed by atoms with Crippen molar-refractivity contribution in [1.82, 2.24) is 5.32 Å². The summed E-state index contributed by atoms with van der Waals surface area (Å²) >= 11 is 0. The molecule has 1 atom stereocenters. The van der Waals surface area contributed by atoms with Crippen LogP contribution in [0.5, 0.6) is 0 Å². The van der Waals surface area contributed by atoms with Gasteiger partial charge < -0.3 is 10.1 Å². The minimum atomic E-state index is 0.736. The summed E-state index contributed by atoms with van der Waals surface area (Å²) in [5, 5.41) is 3.32. The molecule has 2 nitrogen and oxygen atoms in total. The Labute approximate surface area is 74.7 Å². The van der Waals surface area contributed by atoms with E-state index >= 15 is 0 Å². The Balaban J connectivity index is 1.90. The van der Waals surface area contributed by atoms with Crippen molar-refractivity contribution in [2.24, 2.45) is 5.92 Å². The summed E-state index contributed by atoms with van der Waals surface area (Å²) in [6.45, 7) is 5.83. The van der Waals surface area contributed by atoms with Crippen molar-refractivity contribution >= 4 is 0 Å². The van der Waals surface area contributed by atoms with Gasteiger partial charge in [-0.15, -0.1) is 11.8 Å². The molecule has 1 saturated heterocycles. The number of rotatable bonds is 4. The van der Waals surface area contributed by atoms with Crippen LogP contribution in [0.3, 0.4) is 0 Å². The van der Waals surface area contributed by atoms with E-state index in [1.807, 2.05) is 6.92 Å². The second-order valence-electron chi connectivity index (χ2n) is 3.11. The Morgan fingerprint density at radius 3 is 3.17 bits per heavy atom. The predicted molar refractivity (Wildman–Crippen MR) is 49.9 cm³/mol. The van der Waals surface area contributed by atoms with Crippen LogP contribution < -0.4 is 5.32 Å². The fourth-order valence-electron chi connectivity index (χ4n) is 1.35. The Kier molecular flexibility index (Phi) is 4.82. The van der Waals surface area contributed by atoms with Gasteiger partial charge in [-0.05, 0) is 25.8 Å². The molecule has 0 aromatic heterocycles. The minimum absolute atomic E-state index is 0.736. The number of ether oxygens (including phenoxy) is 1. The quantitative estimate of drug-likeness (QED) is 0.498. The summed E-state index contributed by atoms with van der Waals surface area (Å²) in [4.78, 5) is 0. The summed E-state index contributed by atoms with van der Waals surface area (Å²) < 4.78 is 5.48. The standard InChI is InChI=1S/C10H17NO/c1-2-3-4-7-12-9-10-5-6-11-8-10/h10-11H,4-9H2,1H3. The highest BCUT2D eigenvalue weighted by molar-refractivity contribution is 4.94. The highest BCUT2D eigenvalue weighted by Crippen LogP contribution is 2.07. The van der Waals surface area contributed by atoms with Gasteiger partial charge in [-0.25, -0.2) is 0 Å². The minimum Gasteiger partial charge on any atom is -0.380 e. The van der Waals surface area contributed by atoms with Crippen molar-refractivity contribution in [3.63, 3.8) is 0 Å². The zero-order valence-electron chi connectivity index (χ0n) is 7.73. The lowest BCUT2D eigenvalue weighted by molar-refractivity contribution is 0.110. The van der Waals surface area contributed by atoms with Crippen molar-refractivity contribution in [2.45, 2.75) is 19.8 Å². The van der Waals surface area contributed by atoms with Crippen LogP contribution in [0.2, 0.25) is 0 Å². The molecule has 1 unspecified atom stereocenters. The number of hydrogen-bond acceptors (Lipinski definition) is 2. The van der Waals surface area contributed by atoms with Gasteiger partial charge in [-0.3, -0.25) is 0 Å². The topological polar surface area (TPSA) is 21.3 Å². The van der Waals surface area contributed by atoms with E-state index in [0.717, 1.165) is 38.6 Å². The van der Waals surface area contributed by atoms with E-state index in [1.54, 1.807) is 0 Å². The zero-order chi connectivity index (χ0) is 8.65. The molecule has 0 amide bonds. The molecule has 0 radical (unpaired) electrons. The average Bonchev–Trinajstić information content (AvgIpc) is 2.57. The first-order valence-corrected chi connectivity index (χ1v) is 4.61. The van der Waals surface area contributed by atoms with Crippen LogP contribution in [-0.4, -0.2) is 26.3 Å². The maximum atomic E-state index is 5.48. The SMILES string of the molecule is CC#CCCOCC1CCNC1.